The van der Waals surface area contributed by atoms with Crippen LogP contribution in [0.1, 0.15) is 11.3 Å². The monoisotopic (exact) mass is 290 g/mol. The summed E-state index contributed by atoms with van der Waals surface area (Å²) in [5.41, 5.74) is 2.50. The SMILES string of the molecule is CSc1nc2c(c(Nc3ccccc3F)n1)CNCC2. The number of hydrogen-bond donors (Lipinski definition) is 2. The van der Waals surface area contributed by atoms with Gasteiger partial charge in [0.1, 0.15) is 11.6 Å². The Hall–Kier alpha value is -1.66. The lowest BCUT2D eigenvalue weighted by Crippen LogP contribution is -2.26. The minimum Gasteiger partial charge on any atom is -0.337 e. The Bertz CT molecular complexity index is 633. The van der Waals surface area contributed by atoms with Crippen LogP contribution in [-0.4, -0.2) is 22.8 Å². The Balaban J connectivity index is 2.02. The van der Waals surface area contributed by atoms with Crippen molar-refractivity contribution in [2.45, 2.75) is 18.1 Å². The highest BCUT2D eigenvalue weighted by molar-refractivity contribution is 7.98. The molecule has 0 radical (unpaired) electrons. The highest BCUT2D eigenvalue weighted by atomic mass is 32.2. The molecule has 0 fully saturated rings. The molecule has 104 valence electrons. The fraction of sp³-hybridized carbons (Fsp3) is 0.286. The number of thioether (sulfide) groups is 1. The second kappa shape index (κ2) is 5.76. The molecule has 0 saturated carbocycles. The second-order valence-corrected chi connectivity index (χ2v) is 5.29. The summed E-state index contributed by atoms with van der Waals surface area (Å²) in [5, 5.41) is 7.11. The molecule has 0 saturated heterocycles. The summed E-state index contributed by atoms with van der Waals surface area (Å²) in [5.74, 6) is 0.408. The molecule has 1 aromatic carbocycles. The molecule has 4 nitrogen and oxygen atoms in total. The van der Waals surface area contributed by atoms with Crippen molar-refractivity contribution in [2.75, 3.05) is 18.1 Å². The van der Waals surface area contributed by atoms with E-state index in [0.717, 1.165) is 24.2 Å². The van der Waals surface area contributed by atoms with E-state index in [4.69, 9.17) is 0 Å². The molecule has 1 aliphatic rings. The van der Waals surface area contributed by atoms with Crippen LogP contribution in [0.5, 0.6) is 0 Å². The molecular formula is C14H15FN4S. The number of rotatable bonds is 3. The molecule has 0 spiro atoms. The van der Waals surface area contributed by atoms with Gasteiger partial charge in [-0.25, -0.2) is 14.4 Å². The summed E-state index contributed by atoms with van der Waals surface area (Å²) in [6, 6.07) is 6.61. The van der Waals surface area contributed by atoms with Crippen molar-refractivity contribution in [1.82, 2.24) is 15.3 Å². The molecule has 3 rings (SSSR count). The lowest BCUT2D eigenvalue weighted by molar-refractivity contribution is 0.617. The Morgan fingerprint density at radius 1 is 1.30 bits per heavy atom. The molecule has 2 aromatic rings. The number of benzene rings is 1. The predicted octanol–water partition coefficient (Wildman–Crippen LogP) is 2.73. The van der Waals surface area contributed by atoms with Gasteiger partial charge in [-0.1, -0.05) is 23.9 Å². The number of nitrogens with zero attached hydrogens (tertiary/aromatic N) is 2. The van der Waals surface area contributed by atoms with Gasteiger partial charge in [-0.2, -0.15) is 0 Å². The van der Waals surface area contributed by atoms with Crippen molar-refractivity contribution in [1.29, 1.82) is 0 Å². The zero-order valence-corrected chi connectivity index (χ0v) is 11.9. The van der Waals surface area contributed by atoms with Crippen LogP contribution in [0.2, 0.25) is 0 Å². The van der Waals surface area contributed by atoms with Crippen LogP contribution in [0.25, 0.3) is 0 Å². The molecule has 20 heavy (non-hydrogen) atoms. The van der Waals surface area contributed by atoms with Crippen molar-refractivity contribution in [3.63, 3.8) is 0 Å². The molecular weight excluding hydrogens is 275 g/mol. The summed E-state index contributed by atoms with van der Waals surface area (Å²) >= 11 is 1.49. The average Bonchev–Trinajstić information content (AvgIpc) is 2.49. The van der Waals surface area contributed by atoms with Gasteiger partial charge < -0.3 is 10.6 Å². The standard InChI is InChI=1S/C14H15FN4S/c1-20-14-18-11-6-7-16-8-9(11)13(19-14)17-12-5-3-2-4-10(12)15/h2-5,16H,6-8H2,1H3,(H,17,18,19). The maximum absolute atomic E-state index is 13.8. The van der Waals surface area contributed by atoms with Gasteiger partial charge in [0.05, 0.1) is 11.4 Å². The van der Waals surface area contributed by atoms with E-state index in [1.165, 1.54) is 17.8 Å². The summed E-state index contributed by atoms with van der Waals surface area (Å²) in [6.07, 6.45) is 2.81. The Morgan fingerprint density at radius 3 is 2.95 bits per heavy atom. The molecule has 0 amide bonds. The van der Waals surface area contributed by atoms with Gasteiger partial charge in [0.2, 0.25) is 0 Å². The topological polar surface area (TPSA) is 49.8 Å². The van der Waals surface area contributed by atoms with Crippen molar-refractivity contribution < 1.29 is 4.39 Å². The van der Waals surface area contributed by atoms with Crippen molar-refractivity contribution in [3.05, 3.63) is 41.3 Å². The molecule has 0 atom stereocenters. The van der Waals surface area contributed by atoms with E-state index in [1.807, 2.05) is 6.26 Å². The minimum atomic E-state index is -0.283. The fourth-order valence-corrected chi connectivity index (χ4v) is 2.59. The van der Waals surface area contributed by atoms with E-state index in [9.17, 15) is 4.39 Å². The number of halogens is 1. The molecule has 2 N–H and O–H groups in total. The van der Waals surface area contributed by atoms with E-state index in [0.29, 0.717) is 23.2 Å². The van der Waals surface area contributed by atoms with Gasteiger partial charge in [-0.3, -0.25) is 0 Å². The first-order valence-corrected chi connectivity index (χ1v) is 7.66. The van der Waals surface area contributed by atoms with Crippen LogP contribution in [0.3, 0.4) is 0 Å². The van der Waals surface area contributed by atoms with Crippen LogP contribution in [0, 0.1) is 5.82 Å². The molecule has 2 heterocycles. The largest absolute Gasteiger partial charge is 0.337 e. The van der Waals surface area contributed by atoms with Crippen LogP contribution >= 0.6 is 11.8 Å². The number of fused-ring (bicyclic) bond motifs is 1. The van der Waals surface area contributed by atoms with Gasteiger partial charge >= 0.3 is 0 Å². The summed E-state index contributed by atoms with van der Waals surface area (Å²) < 4.78 is 13.8. The average molecular weight is 290 g/mol. The molecule has 6 heteroatoms. The third-order valence-corrected chi connectivity index (χ3v) is 3.77. The van der Waals surface area contributed by atoms with Crippen molar-refractivity contribution in [2.24, 2.45) is 0 Å². The van der Waals surface area contributed by atoms with E-state index in [2.05, 4.69) is 20.6 Å². The highest BCUT2D eigenvalue weighted by Crippen LogP contribution is 2.26. The number of hydrogen-bond acceptors (Lipinski definition) is 5. The Morgan fingerprint density at radius 2 is 2.15 bits per heavy atom. The maximum Gasteiger partial charge on any atom is 0.189 e. The lowest BCUT2D eigenvalue weighted by Gasteiger charge is -2.20. The number of aromatic nitrogens is 2. The van der Waals surface area contributed by atoms with E-state index < -0.39 is 0 Å². The van der Waals surface area contributed by atoms with Crippen LogP contribution < -0.4 is 10.6 Å². The first-order chi connectivity index (χ1) is 9.78. The third kappa shape index (κ3) is 2.62. The van der Waals surface area contributed by atoms with Gasteiger partial charge in [-0.15, -0.1) is 0 Å². The van der Waals surface area contributed by atoms with Crippen LogP contribution in [0.15, 0.2) is 29.4 Å². The molecule has 1 aromatic heterocycles. The third-order valence-electron chi connectivity index (χ3n) is 3.22. The maximum atomic E-state index is 13.8. The normalized spacial score (nSPS) is 13.9. The van der Waals surface area contributed by atoms with E-state index >= 15 is 0 Å². The molecule has 0 unspecified atom stereocenters. The first kappa shape index (κ1) is 13.3. The fourth-order valence-electron chi connectivity index (χ4n) is 2.21. The van der Waals surface area contributed by atoms with Gasteiger partial charge in [0, 0.05) is 25.1 Å². The van der Waals surface area contributed by atoms with Gasteiger partial charge in [-0.05, 0) is 18.4 Å². The highest BCUT2D eigenvalue weighted by Gasteiger charge is 2.18. The Kier molecular flexibility index (Phi) is 3.84. The summed E-state index contributed by atoms with van der Waals surface area (Å²) in [4.78, 5) is 9.01. The van der Waals surface area contributed by atoms with Crippen molar-refractivity contribution >= 4 is 23.3 Å². The predicted molar refractivity (Wildman–Crippen MR) is 78.9 cm³/mol. The van der Waals surface area contributed by atoms with Crippen LogP contribution in [-0.2, 0) is 13.0 Å². The summed E-state index contributed by atoms with van der Waals surface area (Å²) in [7, 11) is 0. The second-order valence-electron chi connectivity index (χ2n) is 4.52. The van der Waals surface area contributed by atoms with Gasteiger partial charge in [0.15, 0.2) is 5.16 Å². The first-order valence-electron chi connectivity index (χ1n) is 6.44. The molecule has 0 aliphatic carbocycles. The number of nitrogens with one attached hydrogen (secondary N) is 2. The van der Waals surface area contributed by atoms with Crippen LogP contribution in [0.4, 0.5) is 15.9 Å². The zero-order valence-electron chi connectivity index (χ0n) is 11.1. The molecule has 1 aliphatic heterocycles. The quantitative estimate of drug-likeness (QED) is 0.672. The van der Waals surface area contributed by atoms with Crippen molar-refractivity contribution in [3.8, 4) is 0 Å². The lowest BCUT2D eigenvalue weighted by atomic mass is 10.1. The molecule has 0 bridgehead atoms. The zero-order chi connectivity index (χ0) is 13.9. The summed E-state index contributed by atoms with van der Waals surface area (Å²) in [6.45, 7) is 1.62. The van der Waals surface area contributed by atoms with Gasteiger partial charge in [0.25, 0.3) is 0 Å². The number of anilines is 2. The van der Waals surface area contributed by atoms with E-state index in [1.54, 1.807) is 18.2 Å². The minimum absolute atomic E-state index is 0.283. The number of para-hydroxylation sites is 1. The Labute approximate surface area is 121 Å². The van der Waals surface area contributed by atoms with E-state index in [-0.39, 0.29) is 5.82 Å². The smallest absolute Gasteiger partial charge is 0.189 e.